The summed E-state index contributed by atoms with van der Waals surface area (Å²) in [5.41, 5.74) is 2.66. The third kappa shape index (κ3) is 3.37. The van der Waals surface area contributed by atoms with E-state index >= 15 is 0 Å². The Morgan fingerprint density at radius 2 is 1.96 bits per heavy atom. The lowest BCUT2D eigenvalue weighted by Crippen LogP contribution is -2.26. The van der Waals surface area contributed by atoms with Crippen LogP contribution < -0.4 is 5.32 Å². The highest BCUT2D eigenvalue weighted by Crippen LogP contribution is 2.25. The molecule has 0 radical (unpaired) electrons. The van der Waals surface area contributed by atoms with Gasteiger partial charge >= 0.3 is 0 Å². The van der Waals surface area contributed by atoms with Crippen molar-refractivity contribution in [2.45, 2.75) is 32.7 Å². The first-order valence-corrected chi connectivity index (χ1v) is 7.78. The zero-order valence-corrected chi connectivity index (χ0v) is 14.0. The average Bonchev–Trinajstić information content (AvgIpc) is 3.22. The van der Waals surface area contributed by atoms with Crippen molar-refractivity contribution in [3.05, 3.63) is 65.8 Å². The SMILES string of the molecule is CC(C)(C)c1nn(-c2ccccc2)cc1C(=O)NCc1ccon1. The van der Waals surface area contributed by atoms with E-state index in [-0.39, 0.29) is 11.3 Å². The van der Waals surface area contributed by atoms with E-state index in [4.69, 9.17) is 4.52 Å². The summed E-state index contributed by atoms with van der Waals surface area (Å²) in [5, 5.41) is 11.3. The van der Waals surface area contributed by atoms with Gasteiger partial charge in [0.25, 0.3) is 5.91 Å². The lowest BCUT2D eigenvalue weighted by atomic mass is 9.89. The molecule has 0 aliphatic carbocycles. The topological polar surface area (TPSA) is 73.0 Å². The van der Waals surface area contributed by atoms with E-state index in [0.29, 0.717) is 17.8 Å². The molecule has 24 heavy (non-hydrogen) atoms. The Morgan fingerprint density at radius 1 is 1.21 bits per heavy atom. The maximum Gasteiger partial charge on any atom is 0.255 e. The van der Waals surface area contributed by atoms with Crippen molar-refractivity contribution in [2.75, 3.05) is 0 Å². The molecule has 0 unspecified atom stereocenters. The average molecular weight is 324 g/mol. The van der Waals surface area contributed by atoms with E-state index in [9.17, 15) is 4.79 Å². The monoisotopic (exact) mass is 324 g/mol. The van der Waals surface area contributed by atoms with Gasteiger partial charge in [0.1, 0.15) is 12.0 Å². The number of aromatic nitrogens is 3. The molecular weight excluding hydrogens is 304 g/mol. The summed E-state index contributed by atoms with van der Waals surface area (Å²) in [6.07, 6.45) is 3.25. The number of hydrogen-bond donors (Lipinski definition) is 1. The number of carbonyl (C=O) groups excluding carboxylic acids is 1. The zero-order chi connectivity index (χ0) is 17.2. The molecule has 2 aromatic heterocycles. The fourth-order valence-corrected chi connectivity index (χ4v) is 2.40. The Kier molecular flexibility index (Phi) is 4.20. The number of benzene rings is 1. The smallest absolute Gasteiger partial charge is 0.255 e. The van der Waals surface area contributed by atoms with E-state index in [1.165, 1.54) is 6.26 Å². The van der Waals surface area contributed by atoms with Crippen LogP contribution in [0.4, 0.5) is 0 Å². The van der Waals surface area contributed by atoms with Gasteiger partial charge in [-0.3, -0.25) is 4.79 Å². The maximum atomic E-state index is 12.6. The number of para-hydroxylation sites is 1. The van der Waals surface area contributed by atoms with Gasteiger partial charge in [0.15, 0.2) is 0 Å². The van der Waals surface area contributed by atoms with E-state index in [0.717, 1.165) is 11.4 Å². The molecular formula is C18H20N4O2. The van der Waals surface area contributed by atoms with Crippen molar-refractivity contribution < 1.29 is 9.32 Å². The van der Waals surface area contributed by atoms with E-state index in [2.05, 4.69) is 15.6 Å². The van der Waals surface area contributed by atoms with Gasteiger partial charge in [0.05, 0.1) is 23.5 Å². The Morgan fingerprint density at radius 3 is 2.58 bits per heavy atom. The van der Waals surface area contributed by atoms with E-state index < -0.39 is 0 Å². The number of rotatable bonds is 4. The Labute approximate surface area is 140 Å². The summed E-state index contributed by atoms with van der Waals surface area (Å²) in [6, 6.07) is 11.5. The molecule has 0 atom stereocenters. The summed E-state index contributed by atoms with van der Waals surface area (Å²) in [4.78, 5) is 12.6. The molecule has 1 N–H and O–H groups in total. The van der Waals surface area contributed by atoms with Crippen molar-refractivity contribution in [3.63, 3.8) is 0 Å². The minimum atomic E-state index is -0.249. The van der Waals surface area contributed by atoms with Crippen LogP contribution in [0.2, 0.25) is 0 Å². The highest BCUT2D eigenvalue weighted by Gasteiger charge is 2.26. The van der Waals surface area contributed by atoms with Crippen LogP contribution in [0.25, 0.3) is 5.69 Å². The van der Waals surface area contributed by atoms with Crippen LogP contribution in [-0.4, -0.2) is 20.8 Å². The van der Waals surface area contributed by atoms with Gasteiger partial charge in [-0.05, 0) is 12.1 Å². The third-order valence-corrected chi connectivity index (χ3v) is 3.61. The third-order valence-electron chi connectivity index (χ3n) is 3.61. The van der Waals surface area contributed by atoms with Crippen LogP contribution in [0.1, 0.15) is 42.5 Å². The molecule has 0 aliphatic heterocycles. The van der Waals surface area contributed by atoms with Crippen LogP contribution in [0.3, 0.4) is 0 Å². The molecule has 0 bridgehead atoms. The van der Waals surface area contributed by atoms with Gasteiger partial charge < -0.3 is 9.84 Å². The Balaban J connectivity index is 1.90. The largest absolute Gasteiger partial charge is 0.364 e. The predicted molar refractivity (Wildman–Crippen MR) is 89.9 cm³/mol. The van der Waals surface area contributed by atoms with Gasteiger partial charge in [0, 0.05) is 17.7 Å². The summed E-state index contributed by atoms with van der Waals surface area (Å²) in [7, 11) is 0. The van der Waals surface area contributed by atoms with Crippen molar-refractivity contribution in [1.29, 1.82) is 0 Å². The lowest BCUT2D eigenvalue weighted by Gasteiger charge is -2.17. The quantitative estimate of drug-likeness (QED) is 0.800. The fourth-order valence-electron chi connectivity index (χ4n) is 2.40. The van der Waals surface area contributed by atoms with Crippen molar-refractivity contribution >= 4 is 5.91 Å². The molecule has 0 saturated heterocycles. The normalized spacial score (nSPS) is 11.5. The van der Waals surface area contributed by atoms with E-state index in [1.807, 2.05) is 51.1 Å². The van der Waals surface area contributed by atoms with Gasteiger partial charge in [0.2, 0.25) is 0 Å². The molecule has 0 saturated carbocycles. The highest BCUT2D eigenvalue weighted by molar-refractivity contribution is 5.95. The van der Waals surface area contributed by atoms with Gasteiger partial charge in [-0.2, -0.15) is 5.10 Å². The standard InChI is InChI=1S/C18H20N4O2/c1-18(2,3)16-15(17(23)19-11-13-9-10-24-21-13)12-22(20-16)14-7-5-4-6-8-14/h4-10,12H,11H2,1-3H3,(H,19,23). The number of hydrogen-bond acceptors (Lipinski definition) is 4. The highest BCUT2D eigenvalue weighted by atomic mass is 16.5. The predicted octanol–water partition coefficient (Wildman–Crippen LogP) is 3.09. The van der Waals surface area contributed by atoms with Crippen LogP contribution in [0, 0.1) is 0 Å². The molecule has 0 aliphatic rings. The second kappa shape index (κ2) is 6.31. The molecule has 1 aromatic carbocycles. The molecule has 6 nitrogen and oxygen atoms in total. The van der Waals surface area contributed by atoms with Gasteiger partial charge in [-0.25, -0.2) is 4.68 Å². The molecule has 3 aromatic rings. The van der Waals surface area contributed by atoms with Crippen molar-refractivity contribution in [1.82, 2.24) is 20.3 Å². The summed E-state index contributed by atoms with van der Waals surface area (Å²) in [5.74, 6) is -0.176. The summed E-state index contributed by atoms with van der Waals surface area (Å²) in [6.45, 7) is 6.44. The molecule has 1 amide bonds. The van der Waals surface area contributed by atoms with Crippen LogP contribution >= 0.6 is 0 Å². The fraction of sp³-hybridized carbons (Fsp3) is 0.278. The lowest BCUT2D eigenvalue weighted by molar-refractivity contribution is 0.0948. The second-order valence-corrected chi connectivity index (χ2v) is 6.59. The summed E-state index contributed by atoms with van der Waals surface area (Å²) < 4.78 is 6.52. The molecule has 0 fully saturated rings. The zero-order valence-electron chi connectivity index (χ0n) is 14.0. The number of amides is 1. The van der Waals surface area contributed by atoms with Crippen LogP contribution in [0.5, 0.6) is 0 Å². The van der Waals surface area contributed by atoms with Gasteiger partial charge in [-0.15, -0.1) is 0 Å². The van der Waals surface area contributed by atoms with Crippen molar-refractivity contribution in [2.24, 2.45) is 0 Å². The van der Waals surface area contributed by atoms with E-state index in [1.54, 1.807) is 16.9 Å². The molecule has 124 valence electrons. The van der Waals surface area contributed by atoms with Crippen LogP contribution in [0.15, 0.2) is 53.4 Å². The minimum Gasteiger partial charge on any atom is -0.364 e. The number of carbonyl (C=O) groups is 1. The van der Waals surface area contributed by atoms with Crippen molar-refractivity contribution in [3.8, 4) is 5.69 Å². The first-order chi connectivity index (χ1) is 11.4. The molecule has 0 spiro atoms. The molecule has 2 heterocycles. The molecule has 3 rings (SSSR count). The first kappa shape index (κ1) is 16.0. The Hall–Kier alpha value is -2.89. The Bertz CT molecular complexity index is 815. The maximum absolute atomic E-state index is 12.6. The van der Waals surface area contributed by atoms with Gasteiger partial charge in [-0.1, -0.05) is 44.1 Å². The second-order valence-electron chi connectivity index (χ2n) is 6.59. The minimum absolute atomic E-state index is 0.176. The number of nitrogens with one attached hydrogen (secondary N) is 1. The number of nitrogens with zero attached hydrogens (tertiary/aromatic N) is 3. The first-order valence-electron chi connectivity index (χ1n) is 7.78. The van der Waals surface area contributed by atoms with Crippen LogP contribution in [-0.2, 0) is 12.0 Å². The molecule has 6 heteroatoms. The summed E-state index contributed by atoms with van der Waals surface area (Å²) >= 11 is 0.